The molecular weight excluding hydrogens is 208 g/mol. The second-order valence-corrected chi connectivity index (χ2v) is 3.00. The van der Waals surface area contributed by atoms with Crippen molar-refractivity contribution in [2.24, 2.45) is 0 Å². The molecule has 0 atom stereocenters. The standard InChI is InChI=1S/C12H14O4/c1-4-9-5-6-10(12(13)15-3)7-11(9)16-8-14-2/h4-7H,1,8H2,2-3H3. The van der Waals surface area contributed by atoms with Gasteiger partial charge in [0.05, 0.1) is 12.7 Å². The van der Waals surface area contributed by atoms with Crippen LogP contribution in [0.15, 0.2) is 24.8 Å². The topological polar surface area (TPSA) is 44.8 Å². The van der Waals surface area contributed by atoms with Gasteiger partial charge in [-0.2, -0.15) is 0 Å². The molecule has 4 heteroatoms. The van der Waals surface area contributed by atoms with Gasteiger partial charge in [-0.1, -0.05) is 18.7 Å². The van der Waals surface area contributed by atoms with Gasteiger partial charge < -0.3 is 14.2 Å². The first-order chi connectivity index (χ1) is 7.72. The minimum Gasteiger partial charge on any atom is -0.467 e. The highest BCUT2D eigenvalue weighted by atomic mass is 16.7. The fourth-order valence-corrected chi connectivity index (χ4v) is 1.20. The van der Waals surface area contributed by atoms with Crippen molar-refractivity contribution in [3.05, 3.63) is 35.9 Å². The fourth-order valence-electron chi connectivity index (χ4n) is 1.20. The average molecular weight is 222 g/mol. The quantitative estimate of drug-likeness (QED) is 0.565. The Morgan fingerprint density at radius 3 is 2.75 bits per heavy atom. The Hall–Kier alpha value is -1.81. The Labute approximate surface area is 94.4 Å². The summed E-state index contributed by atoms with van der Waals surface area (Å²) in [6.45, 7) is 3.77. The van der Waals surface area contributed by atoms with Crippen molar-refractivity contribution in [3.63, 3.8) is 0 Å². The molecule has 0 N–H and O–H groups in total. The number of hydrogen-bond donors (Lipinski definition) is 0. The Kier molecular flexibility index (Phi) is 4.54. The smallest absolute Gasteiger partial charge is 0.337 e. The van der Waals surface area contributed by atoms with Gasteiger partial charge in [0.2, 0.25) is 0 Å². The highest BCUT2D eigenvalue weighted by Crippen LogP contribution is 2.22. The third-order valence-electron chi connectivity index (χ3n) is 1.99. The van der Waals surface area contributed by atoms with Crippen molar-refractivity contribution in [1.82, 2.24) is 0 Å². The number of carbonyl (C=O) groups excluding carboxylic acids is 1. The van der Waals surface area contributed by atoms with E-state index in [1.807, 2.05) is 0 Å². The van der Waals surface area contributed by atoms with Crippen LogP contribution >= 0.6 is 0 Å². The molecule has 0 aromatic heterocycles. The number of rotatable bonds is 5. The Morgan fingerprint density at radius 1 is 1.44 bits per heavy atom. The molecule has 86 valence electrons. The number of carbonyl (C=O) groups is 1. The van der Waals surface area contributed by atoms with Gasteiger partial charge in [0.15, 0.2) is 6.79 Å². The van der Waals surface area contributed by atoms with Crippen LogP contribution in [0, 0.1) is 0 Å². The van der Waals surface area contributed by atoms with E-state index in [2.05, 4.69) is 11.3 Å². The van der Waals surface area contributed by atoms with Crippen LogP contribution in [-0.4, -0.2) is 27.0 Å². The molecule has 0 spiro atoms. The zero-order valence-electron chi connectivity index (χ0n) is 9.36. The van der Waals surface area contributed by atoms with Crippen LogP contribution in [0.25, 0.3) is 6.08 Å². The largest absolute Gasteiger partial charge is 0.467 e. The Balaban J connectivity index is 3.00. The highest BCUT2D eigenvalue weighted by Gasteiger charge is 2.09. The van der Waals surface area contributed by atoms with Crippen molar-refractivity contribution < 1.29 is 19.0 Å². The molecule has 0 bridgehead atoms. The lowest BCUT2D eigenvalue weighted by molar-refractivity contribution is 0.0502. The summed E-state index contributed by atoms with van der Waals surface area (Å²) < 4.78 is 14.7. The van der Waals surface area contributed by atoms with Crippen molar-refractivity contribution >= 4 is 12.0 Å². The summed E-state index contributed by atoms with van der Waals surface area (Å²) >= 11 is 0. The maximum atomic E-state index is 11.3. The summed E-state index contributed by atoms with van der Waals surface area (Å²) in [5, 5.41) is 0. The van der Waals surface area contributed by atoms with Crippen molar-refractivity contribution in [2.75, 3.05) is 21.0 Å². The molecule has 1 aromatic rings. The zero-order chi connectivity index (χ0) is 12.0. The maximum Gasteiger partial charge on any atom is 0.337 e. The molecule has 0 saturated carbocycles. The van der Waals surface area contributed by atoms with Crippen molar-refractivity contribution in [2.45, 2.75) is 0 Å². The molecular formula is C12H14O4. The Morgan fingerprint density at radius 2 is 2.19 bits per heavy atom. The van der Waals surface area contributed by atoms with Crippen LogP contribution in [0.5, 0.6) is 5.75 Å². The van der Waals surface area contributed by atoms with E-state index in [1.165, 1.54) is 14.2 Å². The van der Waals surface area contributed by atoms with E-state index in [0.29, 0.717) is 11.3 Å². The number of esters is 1. The molecule has 16 heavy (non-hydrogen) atoms. The monoisotopic (exact) mass is 222 g/mol. The van der Waals surface area contributed by atoms with E-state index in [1.54, 1.807) is 24.3 Å². The molecule has 0 aliphatic heterocycles. The van der Waals surface area contributed by atoms with Crippen LogP contribution in [0.2, 0.25) is 0 Å². The maximum absolute atomic E-state index is 11.3. The summed E-state index contributed by atoms with van der Waals surface area (Å²) in [6, 6.07) is 4.99. The van der Waals surface area contributed by atoms with Gasteiger partial charge in [-0.3, -0.25) is 0 Å². The van der Waals surface area contributed by atoms with Gasteiger partial charge >= 0.3 is 5.97 Å². The number of benzene rings is 1. The molecule has 0 fully saturated rings. The van der Waals surface area contributed by atoms with Gasteiger partial charge in [0.25, 0.3) is 0 Å². The molecule has 4 nitrogen and oxygen atoms in total. The predicted molar refractivity (Wildman–Crippen MR) is 60.4 cm³/mol. The van der Waals surface area contributed by atoms with E-state index in [0.717, 1.165) is 5.56 Å². The molecule has 0 amide bonds. The second-order valence-electron chi connectivity index (χ2n) is 3.00. The zero-order valence-corrected chi connectivity index (χ0v) is 9.36. The normalized spacial score (nSPS) is 9.62. The summed E-state index contributed by atoms with van der Waals surface area (Å²) in [7, 11) is 2.86. The molecule has 0 aliphatic carbocycles. The first-order valence-corrected chi connectivity index (χ1v) is 4.69. The summed E-state index contributed by atoms with van der Waals surface area (Å²) in [5.41, 5.74) is 1.23. The predicted octanol–water partition coefficient (Wildman–Crippen LogP) is 2.10. The number of hydrogen-bond acceptors (Lipinski definition) is 4. The molecule has 1 rings (SSSR count). The number of ether oxygens (including phenoxy) is 3. The number of methoxy groups -OCH3 is 2. The van der Waals surface area contributed by atoms with Crippen molar-refractivity contribution in [3.8, 4) is 5.75 Å². The van der Waals surface area contributed by atoms with E-state index >= 15 is 0 Å². The van der Waals surface area contributed by atoms with Gasteiger partial charge in [-0.15, -0.1) is 0 Å². The molecule has 0 radical (unpaired) electrons. The third kappa shape index (κ3) is 2.84. The van der Waals surface area contributed by atoms with Gasteiger partial charge in [0, 0.05) is 12.7 Å². The first kappa shape index (κ1) is 12.3. The molecule has 1 aromatic carbocycles. The van der Waals surface area contributed by atoms with Crippen molar-refractivity contribution in [1.29, 1.82) is 0 Å². The summed E-state index contributed by atoms with van der Waals surface area (Å²) in [4.78, 5) is 11.3. The Bertz CT molecular complexity index is 385. The average Bonchev–Trinajstić information content (AvgIpc) is 2.34. The first-order valence-electron chi connectivity index (χ1n) is 4.69. The van der Waals surface area contributed by atoms with Gasteiger partial charge in [-0.05, 0) is 12.1 Å². The van der Waals surface area contributed by atoms with E-state index < -0.39 is 5.97 Å². The van der Waals surface area contributed by atoms with E-state index in [9.17, 15) is 4.79 Å². The molecule has 0 aliphatic rings. The summed E-state index contributed by atoms with van der Waals surface area (Å²) in [6.07, 6.45) is 1.64. The van der Waals surface area contributed by atoms with Crippen LogP contribution in [0.1, 0.15) is 15.9 Å². The van der Waals surface area contributed by atoms with E-state index in [4.69, 9.17) is 9.47 Å². The van der Waals surface area contributed by atoms with Crippen LogP contribution in [0.4, 0.5) is 0 Å². The summed E-state index contributed by atoms with van der Waals surface area (Å²) in [5.74, 6) is 0.137. The highest BCUT2D eigenvalue weighted by molar-refractivity contribution is 5.90. The van der Waals surface area contributed by atoms with Gasteiger partial charge in [-0.25, -0.2) is 4.79 Å². The third-order valence-corrected chi connectivity index (χ3v) is 1.99. The van der Waals surface area contributed by atoms with Crippen LogP contribution in [-0.2, 0) is 9.47 Å². The minimum atomic E-state index is -0.405. The lowest BCUT2D eigenvalue weighted by atomic mass is 10.1. The van der Waals surface area contributed by atoms with Crippen LogP contribution < -0.4 is 4.74 Å². The lowest BCUT2D eigenvalue weighted by Crippen LogP contribution is -2.04. The van der Waals surface area contributed by atoms with Gasteiger partial charge in [0.1, 0.15) is 5.75 Å². The van der Waals surface area contributed by atoms with Crippen LogP contribution in [0.3, 0.4) is 0 Å². The lowest BCUT2D eigenvalue weighted by Gasteiger charge is -2.09. The molecule has 0 saturated heterocycles. The molecule has 0 unspecified atom stereocenters. The SMILES string of the molecule is C=Cc1ccc(C(=O)OC)cc1OCOC. The van der Waals surface area contributed by atoms with E-state index in [-0.39, 0.29) is 6.79 Å². The molecule has 0 heterocycles. The minimum absolute atomic E-state index is 0.117. The fraction of sp³-hybridized carbons (Fsp3) is 0.250. The second kappa shape index (κ2) is 5.92.